The molecule has 6 nitrogen and oxygen atoms in total. The number of nitrogens with one attached hydrogen (secondary N) is 1. The van der Waals surface area contributed by atoms with Crippen molar-refractivity contribution in [1.29, 1.82) is 0 Å². The van der Waals surface area contributed by atoms with Gasteiger partial charge in [0.15, 0.2) is 5.75 Å². The van der Waals surface area contributed by atoms with Crippen molar-refractivity contribution in [3.05, 3.63) is 77.3 Å². The Morgan fingerprint density at radius 2 is 1.67 bits per heavy atom. The number of hydrogen-bond acceptors (Lipinski definition) is 4. The average Bonchev–Trinajstić information content (AvgIpc) is 2.63. The SMILES string of the molecule is O=C(O)c1cccc(NS(=O)(=O)c2cccc(-c3ccccc3Cl)c2)c1O. The van der Waals surface area contributed by atoms with Gasteiger partial charge in [0.25, 0.3) is 10.0 Å². The van der Waals surface area contributed by atoms with Gasteiger partial charge in [0.05, 0.1) is 10.6 Å². The fourth-order valence-corrected chi connectivity index (χ4v) is 3.89. The first-order valence-corrected chi connectivity index (χ1v) is 9.59. The summed E-state index contributed by atoms with van der Waals surface area (Å²) >= 11 is 6.17. The lowest BCUT2D eigenvalue weighted by molar-refractivity contribution is 0.0694. The molecule has 0 heterocycles. The maximum atomic E-state index is 12.7. The number of sulfonamides is 1. The largest absolute Gasteiger partial charge is 0.505 e. The van der Waals surface area contributed by atoms with E-state index in [1.165, 1.54) is 30.3 Å². The number of rotatable bonds is 5. The fourth-order valence-electron chi connectivity index (χ4n) is 2.53. The van der Waals surface area contributed by atoms with Crippen molar-refractivity contribution in [2.75, 3.05) is 4.72 Å². The van der Waals surface area contributed by atoms with Gasteiger partial charge in [0, 0.05) is 10.6 Å². The van der Waals surface area contributed by atoms with E-state index >= 15 is 0 Å². The third-order valence-electron chi connectivity index (χ3n) is 3.84. The van der Waals surface area contributed by atoms with Crippen molar-refractivity contribution in [3.8, 4) is 16.9 Å². The molecule has 0 saturated carbocycles. The van der Waals surface area contributed by atoms with Crippen LogP contribution in [0.3, 0.4) is 0 Å². The number of benzene rings is 3. The summed E-state index contributed by atoms with van der Waals surface area (Å²) in [5.74, 6) is -2.02. The van der Waals surface area contributed by atoms with Crippen LogP contribution in [0.5, 0.6) is 5.75 Å². The summed E-state index contributed by atoms with van der Waals surface area (Å²) in [4.78, 5) is 11.0. The predicted octanol–water partition coefficient (Wildman–Crippen LogP) is 4.21. The van der Waals surface area contributed by atoms with E-state index in [2.05, 4.69) is 4.72 Å². The van der Waals surface area contributed by atoms with Crippen LogP contribution in [-0.4, -0.2) is 24.6 Å². The van der Waals surface area contributed by atoms with Gasteiger partial charge in [-0.05, 0) is 35.9 Å². The van der Waals surface area contributed by atoms with Crippen LogP contribution in [0, 0.1) is 0 Å². The van der Waals surface area contributed by atoms with E-state index in [1.807, 2.05) is 0 Å². The van der Waals surface area contributed by atoms with E-state index in [9.17, 15) is 18.3 Å². The smallest absolute Gasteiger partial charge is 0.339 e. The molecule has 0 amide bonds. The second kappa shape index (κ2) is 7.30. The molecular formula is C19H14ClNO5S. The topological polar surface area (TPSA) is 104 Å². The first kappa shape index (κ1) is 18.8. The summed E-state index contributed by atoms with van der Waals surface area (Å²) in [5, 5.41) is 19.5. The van der Waals surface area contributed by atoms with Crippen molar-refractivity contribution in [2.24, 2.45) is 0 Å². The molecule has 0 fully saturated rings. The highest BCUT2D eigenvalue weighted by Gasteiger charge is 2.20. The van der Waals surface area contributed by atoms with Gasteiger partial charge >= 0.3 is 5.97 Å². The first-order valence-electron chi connectivity index (χ1n) is 7.72. The van der Waals surface area contributed by atoms with Crippen LogP contribution >= 0.6 is 11.6 Å². The number of carboxylic acid groups (broad SMARTS) is 1. The molecule has 0 atom stereocenters. The van der Waals surface area contributed by atoms with E-state index in [0.717, 1.165) is 0 Å². The highest BCUT2D eigenvalue weighted by molar-refractivity contribution is 7.92. The van der Waals surface area contributed by atoms with Crippen LogP contribution in [0.2, 0.25) is 5.02 Å². The molecule has 8 heteroatoms. The number of para-hydroxylation sites is 1. The Kier molecular flexibility index (Phi) is 5.07. The van der Waals surface area contributed by atoms with Gasteiger partial charge in [-0.2, -0.15) is 0 Å². The van der Waals surface area contributed by atoms with Crippen LogP contribution in [0.1, 0.15) is 10.4 Å². The highest BCUT2D eigenvalue weighted by Crippen LogP contribution is 2.32. The number of carboxylic acids is 1. The Balaban J connectivity index is 2.00. The zero-order valence-corrected chi connectivity index (χ0v) is 15.3. The standard InChI is InChI=1S/C19H14ClNO5S/c20-16-9-2-1-7-14(16)12-5-3-6-13(11-12)27(25,26)21-17-10-4-8-15(18(17)22)19(23)24/h1-11,21-22H,(H,23,24). The molecule has 138 valence electrons. The predicted molar refractivity (Wildman–Crippen MR) is 103 cm³/mol. The zero-order valence-electron chi connectivity index (χ0n) is 13.8. The van der Waals surface area contributed by atoms with Crippen LogP contribution in [0.15, 0.2) is 71.6 Å². The van der Waals surface area contributed by atoms with E-state index in [4.69, 9.17) is 16.7 Å². The molecule has 0 aliphatic heterocycles. The lowest BCUT2D eigenvalue weighted by Crippen LogP contribution is -2.13. The van der Waals surface area contributed by atoms with E-state index < -0.39 is 27.3 Å². The van der Waals surface area contributed by atoms with Crippen molar-refractivity contribution in [1.82, 2.24) is 0 Å². The Bertz CT molecular complexity index is 1130. The molecule has 0 aromatic heterocycles. The molecule has 0 bridgehead atoms. The number of halogens is 1. The molecule has 0 aliphatic carbocycles. The number of hydrogen-bond donors (Lipinski definition) is 3. The minimum Gasteiger partial charge on any atom is -0.505 e. The Morgan fingerprint density at radius 1 is 0.963 bits per heavy atom. The van der Waals surface area contributed by atoms with Gasteiger partial charge in [0.1, 0.15) is 5.56 Å². The molecular weight excluding hydrogens is 390 g/mol. The van der Waals surface area contributed by atoms with Gasteiger partial charge < -0.3 is 10.2 Å². The zero-order chi connectivity index (χ0) is 19.6. The minimum atomic E-state index is -4.07. The highest BCUT2D eigenvalue weighted by atomic mass is 35.5. The number of aromatic carboxylic acids is 1. The third kappa shape index (κ3) is 3.89. The second-order valence-electron chi connectivity index (χ2n) is 5.62. The molecule has 3 aromatic rings. The van der Waals surface area contributed by atoms with Crippen molar-refractivity contribution in [2.45, 2.75) is 4.90 Å². The van der Waals surface area contributed by atoms with Gasteiger partial charge in [-0.1, -0.05) is 48.0 Å². The van der Waals surface area contributed by atoms with Crippen molar-refractivity contribution in [3.63, 3.8) is 0 Å². The number of aromatic hydroxyl groups is 1. The molecule has 0 saturated heterocycles. The molecule has 0 unspecified atom stereocenters. The monoisotopic (exact) mass is 403 g/mol. The number of phenols is 1. The van der Waals surface area contributed by atoms with Crippen LogP contribution in [-0.2, 0) is 10.0 Å². The Hall–Kier alpha value is -3.03. The molecule has 27 heavy (non-hydrogen) atoms. The summed E-state index contributed by atoms with van der Waals surface area (Å²) in [6.45, 7) is 0. The normalized spacial score (nSPS) is 11.1. The molecule has 3 N–H and O–H groups in total. The Morgan fingerprint density at radius 3 is 2.37 bits per heavy atom. The van der Waals surface area contributed by atoms with Gasteiger partial charge in [-0.3, -0.25) is 4.72 Å². The van der Waals surface area contributed by atoms with Gasteiger partial charge in [-0.25, -0.2) is 13.2 Å². The average molecular weight is 404 g/mol. The number of carbonyl (C=O) groups is 1. The molecule has 0 radical (unpaired) electrons. The summed E-state index contributed by atoms with van der Waals surface area (Å²) < 4.78 is 27.6. The van der Waals surface area contributed by atoms with Crippen molar-refractivity contribution < 1.29 is 23.4 Å². The summed E-state index contributed by atoms with van der Waals surface area (Å²) in [5.41, 5.74) is 0.650. The van der Waals surface area contributed by atoms with Gasteiger partial charge in [0.2, 0.25) is 0 Å². The minimum absolute atomic E-state index is 0.0555. The summed E-state index contributed by atoms with van der Waals surface area (Å²) in [6, 6.07) is 16.9. The third-order valence-corrected chi connectivity index (χ3v) is 5.53. The van der Waals surface area contributed by atoms with E-state index in [0.29, 0.717) is 16.1 Å². The van der Waals surface area contributed by atoms with Gasteiger partial charge in [-0.15, -0.1) is 0 Å². The maximum absolute atomic E-state index is 12.7. The Labute approximate surface area is 160 Å². The van der Waals surface area contributed by atoms with E-state index in [-0.39, 0.29) is 10.6 Å². The van der Waals surface area contributed by atoms with Crippen LogP contribution < -0.4 is 4.72 Å². The lowest BCUT2D eigenvalue weighted by Gasteiger charge is -2.12. The molecule has 3 rings (SSSR count). The first-order chi connectivity index (χ1) is 12.8. The summed E-state index contributed by atoms with van der Waals surface area (Å²) in [6.07, 6.45) is 0. The maximum Gasteiger partial charge on any atom is 0.339 e. The van der Waals surface area contributed by atoms with Crippen molar-refractivity contribution >= 4 is 33.3 Å². The molecule has 0 aliphatic rings. The van der Waals surface area contributed by atoms with Crippen LogP contribution in [0.25, 0.3) is 11.1 Å². The quantitative estimate of drug-likeness (QED) is 0.553. The molecule has 0 spiro atoms. The van der Waals surface area contributed by atoms with Crippen LogP contribution in [0.4, 0.5) is 5.69 Å². The second-order valence-corrected chi connectivity index (χ2v) is 7.71. The fraction of sp³-hybridized carbons (Fsp3) is 0. The lowest BCUT2D eigenvalue weighted by atomic mass is 10.1. The summed E-state index contributed by atoms with van der Waals surface area (Å²) in [7, 11) is -4.07. The van der Waals surface area contributed by atoms with E-state index in [1.54, 1.807) is 36.4 Å². The number of anilines is 1. The molecule has 3 aromatic carbocycles.